The van der Waals surface area contributed by atoms with Gasteiger partial charge in [0.05, 0.1) is 12.0 Å². The maximum atomic E-state index is 13.2. The van der Waals surface area contributed by atoms with Gasteiger partial charge in [-0.1, -0.05) is 17.7 Å². The molecule has 112 valence electrons. The number of piperidine rings is 1. The Hall–Kier alpha value is -1.62. The SMILES string of the molecule is O=C(O)C1CCC(=O)N(C2CC2)C1c1ccc(F)cc1Cl. The normalized spacial score (nSPS) is 26.0. The van der Waals surface area contributed by atoms with Crippen molar-refractivity contribution < 1.29 is 19.1 Å². The van der Waals surface area contributed by atoms with Crippen LogP contribution in [0.25, 0.3) is 0 Å². The molecule has 0 spiro atoms. The summed E-state index contributed by atoms with van der Waals surface area (Å²) in [5.74, 6) is -2.17. The highest BCUT2D eigenvalue weighted by Crippen LogP contribution is 2.45. The maximum absolute atomic E-state index is 13.2. The molecular formula is C15H15ClFNO3. The molecule has 2 aliphatic rings. The zero-order valence-electron chi connectivity index (χ0n) is 11.3. The summed E-state index contributed by atoms with van der Waals surface area (Å²) in [5.41, 5.74) is 0.519. The fourth-order valence-electron chi connectivity index (χ4n) is 3.06. The molecule has 2 fully saturated rings. The number of hydrogen-bond donors (Lipinski definition) is 1. The molecule has 1 aromatic rings. The van der Waals surface area contributed by atoms with E-state index in [0.29, 0.717) is 5.56 Å². The van der Waals surface area contributed by atoms with E-state index in [-0.39, 0.29) is 29.8 Å². The van der Waals surface area contributed by atoms with Crippen molar-refractivity contribution >= 4 is 23.5 Å². The van der Waals surface area contributed by atoms with Gasteiger partial charge in [0.25, 0.3) is 0 Å². The maximum Gasteiger partial charge on any atom is 0.308 e. The number of nitrogens with zero attached hydrogens (tertiary/aromatic N) is 1. The third kappa shape index (κ3) is 2.62. The lowest BCUT2D eigenvalue weighted by Gasteiger charge is -2.40. The Labute approximate surface area is 126 Å². The van der Waals surface area contributed by atoms with Crippen LogP contribution in [0.4, 0.5) is 4.39 Å². The number of aliphatic carboxylic acids is 1. The third-order valence-electron chi connectivity index (χ3n) is 4.18. The summed E-state index contributed by atoms with van der Waals surface area (Å²) in [5, 5.41) is 9.64. The second-order valence-electron chi connectivity index (χ2n) is 5.63. The Morgan fingerprint density at radius 2 is 2.05 bits per heavy atom. The Morgan fingerprint density at radius 3 is 2.62 bits per heavy atom. The van der Waals surface area contributed by atoms with E-state index in [9.17, 15) is 19.1 Å². The number of amides is 1. The second kappa shape index (κ2) is 5.30. The van der Waals surface area contributed by atoms with Gasteiger partial charge in [0.15, 0.2) is 0 Å². The molecule has 21 heavy (non-hydrogen) atoms. The highest BCUT2D eigenvalue weighted by atomic mass is 35.5. The van der Waals surface area contributed by atoms with Crippen molar-refractivity contribution in [1.82, 2.24) is 4.90 Å². The average Bonchev–Trinajstić information content (AvgIpc) is 3.22. The van der Waals surface area contributed by atoms with Crippen molar-refractivity contribution in [2.45, 2.75) is 37.8 Å². The van der Waals surface area contributed by atoms with Crippen molar-refractivity contribution in [2.24, 2.45) is 5.92 Å². The minimum absolute atomic E-state index is 0.0413. The standard InChI is InChI=1S/C15H15ClFNO3/c16-12-7-8(17)1-4-10(12)14-11(15(20)21)5-6-13(19)18(14)9-2-3-9/h1,4,7,9,11,14H,2-3,5-6H2,(H,20,21). The first-order valence-electron chi connectivity index (χ1n) is 6.98. The molecule has 1 saturated heterocycles. The van der Waals surface area contributed by atoms with E-state index in [1.54, 1.807) is 4.90 Å². The summed E-state index contributed by atoms with van der Waals surface area (Å²) in [4.78, 5) is 25.4. The molecule has 2 atom stereocenters. The lowest BCUT2D eigenvalue weighted by Crippen LogP contribution is -2.46. The van der Waals surface area contributed by atoms with Crippen LogP contribution in [0.2, 0.25) is 5.02 Å². The number of carbonyl (C=O) groups excluding carboxylic acids is 1. The molecule has 3 rings (SSSR count). The molecule has 1 aromatic carbocycles. The minimum atomic E-state index is -0.946. The molecule has 0 aromatic heterocycles. The number of carbonyl (C=O) groups is 2. The first-order chi connectivity index (χ1) is 9.99. The van der Waals surface area contributed by atoms with E-state index < -0.39 is 23.7 Å². The van der Waals surface area contributed by atoms with E-state index in [2.05, 4.69) is 0 Å². The number of rotatable bonds is 3. The lowest BCUT2D eigenvalue weighted by molar-refractivity contribution is -0.152. The highest BCUT2D eigenvalue weighted by molar-refractivity contribution is 6.31. The van der Waals surface area contributed by atoms with E-state index in [4.69, 9.17) is 11.6 Å². The van der Waals surface area contributed by atoms with Gasteiger partial charge in [-0.2, -0.15) is 0 Å². The zero-order chi connectivity index (χ0) is 15.1. The van der Waals surface area contributed by atoms with Crippen molar-refractivity contribution in [3.05, 3.63) is 34.6 Å². The predicted molar refractivity (Wildman–Crippen MR) is 74.4 cm³/mol. The zero-order valence-corrected chi connectivity index (χ0v) is 12.0. The van der Waals surface area contributed by atoms with Crippen LogP contribution in [0.3, 0.4) is 0 Å². The first kappa shape index (κ1) is 14.3. The Kier molecular flexibility index (Phi) is 3.61. The summed E-state index contributed by atoms with van der Waals surface area (Å²) in [6.07, 6.45) is 2.29. The predicted octanol–water partition coefficient (Wildman–Crippen LogP) is 3.01. The summed E-state index contributed by atoms with van der Waals surface area (Å²) < 4.78 is 13.2. The highest BCUT2D eigenvalue weighted by Gasteiger charge is 2.47. The molecule has 1 N–H and O–H groups in total. The molecule has 1 aliphatic heterocycles. The van der Waals surface area contributed by atoms with Crippen LogP contribution in [-0.4, -0.2) is 27.9 Å². The monoisotopic (exact) mass is 311 g/mol. The Bertz CT molecular complexity index is 603. The van der Waals surface area contributed by atoms with Gasteiger partial charge in [0.2, 0.25) is 5.91 Å². The molecule has 1 heterocycles. The number of benzene rings is 1. The van der Waals surface area contributed by atoms with Gasteiger partial charge in [0, 0.05) is 17.5 Å². The molecule has 1 saturated carbocycles. The molecule has 4 nitrogen and oxygen atoms in total. The number of carboxylic acid groups (broad SMARTS) is 1. The fraction of sp³-hybridized carbons (Fsp3) is 0.467. The Balaban J connectivity index is 2.06. The molecule has 1 aliphatic carbocycles. The van der Waals surface area contributed by atoms with Crippen molar-refractivity contribution in [2.75, 3.05) is 0 Å². The largest absolute Gasteiger partial charge is 0.481 e. The van der Waals surface area contributed by atoms with Gasteiger partial charge < -0.3 is 10.0 Å². The lowest BCUT2D eigenvalue weighted by atomic mass is 9.84. The molecule has 1 amide bonds. The molecule has 6 heteroatoms. The van der Waals surface area contributed by atoms with Crippen LogP contribution in [0.5, 0.6) is 0 Å². The van der Waals surface area contributed by atoms with E-state index in [1.165, 1.54) is 18.2 Å². The number of carboxylic acids is 1. The summed E-state index contributed by atoms with van der Waals surface area (Å²) in [6.45, 7) is 0. The van der Waals surface area contributed by atoms with Crippen molar-refractivity contribution in [1.29, 1.82) is 0 Å². The topological polar surface area (TPSA) is 57.6 Å². The van der Waals surface area contributed by atoms with E-state index in [0.717, 1.165) is 12.8 Å². The van der Waals surface area contributed by atoms with E-state index in [1.807, 2.05) is 0 Å². The summed E-state index contributed by atoms with van der Waals surface area (Å²) in [6, 6.07) is 3.39. The van der Waals surface area contributed by atoms with Gasteiger partial charge in [-0.3, -0.25) is 9.59 Å². The average molecular weight is 312 g/mol. The van der Waals surface area contributed by atoms with Gasteiger partial charge in [-0.15, -0.1) is 0 Å². The van der Waals surface area contributed by atoms with Crippen LogP contribution in [0.15, 0.2) is 18.2 Å². The molecule has 2 unspecified atom stereocenters. The first-order valence-corrected chi connectivity index (χ1v) is 7.35. The minimum Gasteiger partial charge on any atom is -0.481 e. The molecule has 0 radical (unpaired) electrons. The summed E-state index contributed by atoms with van der Waals surface area (Å²) >= 11 is 6.10. The molecular weight excluding hydrogens is 297 g/mol. The quantitative estimate of drug-likeness (QED) is 0.933. The van der Waals surface area contributed by atoms with Crippen molar-refractivity contribution in [3.8, 4) is 0 Å². The smallest absolute Gasteiger partial charge is 0.308 e. The van der Waals surface area contributed by atoms with Gasteiger partial charge in [-0.25, -0.2) is 4.39 Å². The third-order valence-corrected chi connectivity index (χ3v) is 4.50. The van der Waals surface area contributed by atoms with Gasteiger partial charge in [0.1, 0.15) is 5.82 Å². The van der Waals surface area contributed by atoms with Crippen LogP contribution < -0.4 is 0 Å². The van der Waals surface area contributed by atoms with Crippen LogP contribution >= 0.6 is 11.6 Å². The number of halogens is 2. The molecule has 0 bridgehead atoms. The van der Waals surface area contributed by atoms with Crippen LogP contribution in [0.1, 0.15) is 37.3 Å². The number of hydrogen-bond acceptors (Lipinski definition) is 2. The Morgan fingerprint density at radius 1 is 1.33 bits per heavy atom. The summed E-state index contributed by atoms with van der Waals surface area (Å²) in [7, 11) is 0. The van der Waals surface area contributed by atoms with Crippen LogP contribution in [-0.2, 0) is 9.59 Å². The van der Waals surface area contributed by atoms with Gasteiger partial charge >= 0.3 is 5.97 Å². The van der Waals surface area contributed by atoms with Gasteiger partial charge in [-0.05, 0) is 37.0 Å². The fourth-order valence-corrected chi connectivity index (χ4v) is 3.34. The van der Waals surface area contributed by atoms with E-state index >= 15 is 0 Å². The second-order valence-corrected chi connectivity index (χ2v) is 6.03. The van der Waals surface area contributed by atoms with Crippen molar-refractivity contribution in [3.63, 3.8) is 0 Å². The van der Waals surface area contributed by atoms with Crippen LogP contribution in [0, 0.1) is 11.7 Å². The number of likely N-dealkylation sites (tertiary alicyclic amines) is 1.